The van der Waals surface area contributed by atoms with Crippen LogP contribution in [-0.2, 0) is 14.3 Å². The first-order chi connectivity index (χ1) is 8.65. The fraction of sp³-hybridized carbons (Fsp3) is 0.846. The van der Waals surface area contributed by atoms with E-state index in [1.54, 1.807) is 7.11 Å². The lowest BCUT2D eigenvalue weighted by Crippen LogP contribution is -2.54. The molecule has 2 rings (SSSR count). The number of carbonyl (C=O) groups is 2. The number of hydrogen-bond donors (Lipinski definition) is 1. The number of nitrogens with one attached hydrogen (secondary N) is 1. The summed E-state index contributed by atoms with van der Waals surface area (Å²) in [5.74, 6) is 0.0779. The second kappa shape index (κ2) is 5.69. The van der Waals surface area contributed by atoms with Crippen LogP contribution in [0.4, 0.5) is 0 Å². The van der Waals surface area contributed by atoms with E-state index in [2.05, 4.69) is 5.32 Å². The Morgan fingerprint density at radius 1 is 1.39 bits per heavy atom. The number of amides is 2. The van der Waals surface area contributed by atoms with E-state index in [0.717, 1.165) is 25.7 Å². The summed E-state index contributed by atoms with van der Waals surface area (Å²) in [6, 6.07) is -0.0684. The first-order valence-corrected chi connectivity index (χ1v) is 6.78. The molecule has 0 bridgehead atoms. The highest BCUT2D eigenvalue weighted by molar-refractivity contribution is 5.90. The van der Waals surface area contributed by atoms with Crippen molar-refractivity contribution in [3.8, 4) is 0 Å². The fourth-order valence-electron chi connectivity index (χ4n) is 2.69. The summed E-state index contributed by atoms with van der Waals surface area (Å²) in [5, 5.41) is 2.83. The highest BCUT2D eigenvalue weighted by Gasteiger charge is 2.39. The van der Waals surface area contributed by atoms with Crippen LogP contribution in [-0.4, -0.2) is 48.6 Å². The molecule has 1 saturated carbocycles. The SMILES string of the molecule is CCCC1NC(=O)CCN(C2CC(OC)C2)C1=O. The molecule has 1 saturated heterocycles. The summed E-state index contributed by atoms with van der Waals surface area (Å²) >= 11 is 0. The van der Waals surface area contributed by atoms with Crippen LogP contribution < -0.4 is 5.32 Å². The number of carbonyl (C=O) groups excluding carboxylic acids is 2. The van der Waals surface area contributed by atoms with Crippen molar-refractivity contribution >= 4 is 11.8 Å². The Hall–Kier alpha value is -1.10. The third-order valence-corrected chi connectivity index (χ3v) is 3.92. The van der Waals surface area contributed by atoms with Gasteiger partial charge in [0.15, 0.2) is 0 Å². The number of methoxy groups -OCH3 is 1. The maximum atomic E-state index is 12.4. The zero-order valence-electron chi connectivity index (χ0n) is 11.1. The largest absolute Gasteiger partial charge is 0.381 e. The molecule has 0 aromatic heterocycles. The molecular weight excluding hydrogens is 232 g/mol. The number of hydrogen-bond acceptors (Lipinski definition) is 3. The molecule has 1 N–H and O–H groups in total. The number of nitrogens with zero attached hydrogens (tertiary/aromatic N) is 1. The summed E-state index contributed by atoms with van der Waals surface area (Å²) in [7, 11) is 1.70. The van der Waals surface area contributed by atoms with Gasteiger partial charge in [0.05, 0.1) is 6.10 Å². The first kappa shape index (κ1) is 13.3. The standard InChI is InChI=1S/C13H22N2O3/c1-3-4-11-13(17)15(6-5-12(16)14-11)9-7-10(8-9)18-2/h9-11H,3-8H2,1-2H3,(H,14,16). The topological polar surface area (TPSA) is 58.6 Å². The molecule has 0 aromatic rings. The van der Waals surface area contributed by atoms with Gasteiger partial charge in [0.2, 0.25) is 11.8 Å². The fourth-order valence-corrected chi connectivity index (χ4v) is 2.69. The summed E-state index contributed by atoms with van der Waals surface area (Å²) in [5.41, 5.74) is 0. The Kier molecular flexibility index (Phi) is 4.22. The van der Waals surface area contributed by atoms with Crippen LogP contribution in [0, 0.1) is 0 Å². The van der Waals surface area contributed by atoms with Crippen molar-refractivity contribution in [1.82, 2.24) is 10.2 Å². The molecule has 0 aromatic carbocycles. The van der Waals surface area contributed by atoms with Gasteiger partial charge in [-0.15, -0.1) is 0 Å². The van der Waals surface area contributed by atoms with Gasteiger partial charge < -0.3 is 15.0 Å². The van der Waals surface area contributed by atoms with E-state index in [1.807, 2.05) is 11.8 Å². The molecule has 2 amide bonds. The van der Waals surface area contributed by atoms with Crippen LogP contribution in [0.1, 0.15) is 39.0 Å². The van der Waals surface area contributed by atoms with Crippen LogP contribution >= 0.6 is 0 Å². The molecule has 1 unspecified atom stereocenters. The van der Waals surface area contributed by atoms with Crippen molar-refractivity contribution < 1.29 is 14.3 Å². The zero-order valence-corrected chi connectivity index (χ0v) is 11.1. The van der Waals surface area contributed by atoms with Crippen molar-refractivity contribution in [2.45, 2.75) is 57.2 Å². The molecule has 2 aliphatic rings. The van der Waals surface area contributed by atoms with Crippen LogP contribution in [0.3, 0.4) is 0 Å². The van der Waals surface area contributed by atoms with E-state index in [-0.39, 0.29) is 30.0 Å². The van der Waals surface area contributed by atoms with Crippen LogP contribution in [0.5, 0.6) is 0 Å². The Balaban J connectivity index is 2.00. The predicted molar refractivity (Wildman–Crippen MR) is 67.0 cm³/mol. The van der Waals surface area contributed by atoms with E-state index in [0.29, 0.717) is 13.0 Å². The summed E-state index contributed by atoms with van der Waals surface area (Å²) in [6.45, 7) is 2.57. The molecule has 5 heteroatoms. The molecule has 18 heavy (non-hydrogen) atoms. The average molecular weight is 254 g/mol. The van der Waals surface area contributed by atoms with Gasteiger partial charge in [0.25, 0.3) is 0 Å². The third kappa shape index (κ3) is 2.66. The lowest BCUT2D eigenvalue weighted by Gasteiger charge is -2.42. The zero-order chi connectivity index (χ0) is 13.1. The molecule has 2 fully saturated rings. The minimum absolute atomic E-state index is 0.00749. The normalized spacial score (nSPS) is 32.8. The van der Waals surface area contributed by atoms with Gasteiger partial charge in [-0.25, -0.2) is 0 Å². The molecule has 0 spiro atoms. The Bertz CT molecular complexity index is 326. The van der Waals surface area contributed by atoms with E-state index in [9.17, 15) is 9.59 Å². The highest BCUT2D eigenvalue weighted by Crippen LogP contribution is 2.29. The molecule has 0 radical (unpaired) electrons. The second-order valence-electron chi connectivity index (χ2n) is 5.17. The molecule has 1 atom stereocenters. The highest BCUT2D eigenvalue weighted by atomic mass is 16.5. The molecule has 1 aliphatic carbocycles. The molecule has 1 aliphatic heterocycles. The molecular formula is C13H22N2O3. The average Bonchev–Trinajstić information content (AvgIpc) is 2.42. The molecule has 1 heterocycles. The Morgan fingerprint density at radius 2 is 2.11 bits per heavy atom. The number of rotatable bonds is 4. The van der Waals surface area contributed by atoms with E-state index >= 15 is 0 Å². The summed E-state index contributed by atoms with van der Waals surface area (Å²) < 4.78 is 5.25. The van der Waals surface area contributed by atoms with Crippen molar-refractivity contribution in [2.75, 3.05) is 13.7 Å². The second-order valence-corrected chi connectivity index (χ2v) is 5.17. The maximum absolute atomic E-state index is 12.4. The third-order valence-electron chi connectivity index (χ3n) is 3.92. The van der Waals surface area contributed by atoms with E-state index in [4.69, 9.17) is 4.74 Å². The summed E-state index contributed by atoms with van der Waals surface area (Å²) in [6.07, 6.45) is 4.11. The van der Waals surface area contributed by atoms with Crippen LogP contribution in [0.2, 0.25) is 0 Å². The monoisotopic (exact) mass is 254 g/mol. The van der Waals surface area contributed by atoms with Crippen molar-refractivity contribution in [3.05, 3.63) is 0 Å². The van der Waals surface area contributed by atoms with Crippen molar-refractivity contribution in [3.63, 3.8) is 0 Å². The van der Waals surface area contributed by atoms with Gasteiger partial charge in [0, 0.05) is 26.1 Å². The van der Waals surface area contributed by atoms with Gasteiger partial charge >= 0.3 is 0 Å². The molecule has 5 nitrogen and oxygen atoms in total. The minimum Gasteiger partial charge on any atom is -0.381 e. The van der Waals surface area contributed by atoms with Crippen molar-refractivity contribution in [2.24, 2.45) is 0 Å². The lowest BCUT2D eigenvalue weighted by atomic mass is 9.87. The van der Waals surface area contributed by atoms with E-state index < -0.39 is 0 Å². The smallest absolute Gasteiger partial charge is 0.245 e. The van der Waals surface area contributed by atoms with Gasteiger partial charge in [-0.3, -0.25) is 9.59 Å². The van der Waals surface area contributed by atoms with Crippen molar-refractivity contribution in [1.29, 1.82) is 0 Å². The van der Waals surface area contributed by atoms with Gasteiger partial charge in [0.1, 0.15) is 6.04 Å². The number of ether oxygens (including phenoxy) is 1. The van der Waals surface area contributed by atoms with Crippen LogP contribution in [0.15, 0.2) is 0 Å². The minimum atomic E-state index is -0.327. The summed E-state index contributed by atoms with van der Waals surface area (Å²) in [4.78, 5) is 25.9. The van der Waals surface area contributed by atoms with E-state index in [1.165, 1.54) is 0 Å². The lowest BCUT2D eigenvalue weighted by molar-refractivity contribution is -0.140. The Morgan fingerprint density at radius 3 is 2.72 bits per heavy atom. The first-order valence-electron chi connectivity index (χ1n) is 6.78. The van der Waals surface area contributed by atoms with Gasteiger partial charge in [-0.1, -0.05) is 13.3 Å². The predicted octanol–water partition coefficient (Wildman–Crippen LogP) is 0.681. The quantitative estimate of drug-likeness (QED) is 0.802. The van der Waals surface area contributed by atoms with Crippen LogP contribution in [0.25, 0.3) is 0 Å². The van der Waals surface area contributed by atoms with Gasteiger partial charge in [-0.05, 0) is 19.3 Å². The Labute approximate surface area is 108 Å². The maximum Gasteiger partial charge on any atom is 0.245 e. The van der Waals surface area contributed by atoms with Gasteiger partial charge in [-0.2, -0.15) is 0 Å². The molecule has 102 valence electrons.